The average molecular weight is 384 g/mol. The number of hydrogen-bond acceptors (Lipinski definition) is 4. The zero-order chi connectivity index (χ0) is 20.2. The van der Waals surface area contributed by atoms with Crippen molar-refractivity contribution >= 4 is 17.6 Å². The van der Waals surface area contributed by atoms with Crippen LogP contribution in [0, 0.1) is 0 Å². The van der Waals surface area contributed by atoms with Gasteiger partial charge in [0.1, 0.15) is 18.1 Å². The molecule has 0 bridgehead atoms. The first kappa shape index (κ1) is 21.1. The second-order valence-electron chi connectivity index (χ2n) is 6.03. The minimum absolute atomic E-state index is 0.0903. The van der Waals surface area contributed by atoms with E-state index in [1.165, 1.54) is 6.92 Å². The first-order valence-electron chi connectivity index (χ1n) is 9.26. The summed E-state index contributed by atoms with van der Waals surface area (Å²) >= 11 is 0. The summed E-state index contributed by atoms with van der Waals surface area (Å²) in [7, 11) is 1.64. The van der Waals surface area contributed by atoms with Crippen molar-refractivity contribution < 1.29 is 14.3 Å². The van der Waals surface area contributed by atoms with Gasteiger partial charge in [0, 0.05) is 19.2 Å². The summed E-state index contributed by atoms with van der Waals surface area (Å²) in [6, 6.07) is 15.1. The summed E-state index contributed by atoms with van der Waals surface area (Å²) in [4.78, 5) is 15.8. The van der Waals surface area contributed by atoms with Gasteiger partial charge in [0.2, 0.25) is 5.91 Å². The Labute approximate surface area is 166 Å². The fourth-order valence-corrected chi connectivity index (χ4v) is 2.47. The Morgan fingerprint density at radius 3 is 2.50 bits per heavy atom. The number of nitrogens with zero attached hydrogens (tertiary/aromatic N) is 1. The number of aliphatic imine (C=N–C) groups is 1. The van der Waals surface area contributed by atoms with Crippen LogP contribution in [0.2, 0.25) is 0 Å². The van der Waals surface area contributed by atoms with Crippen molar-refractivity contribution in [1.82, 2.24) is 10.6 Å². The predicted molar refractivity (Wildman–Crippen MR) is 112 cm³/mol. The summed E-state index contributed by atoms with van der Waals surface area (Å²) in [6.45, 7) is 5.90. The predicted octanol–water partition coefficient (Wildman–Crippen LogP) is 2.79. The Bertz CT molecular complexity index is 775. The van der Waals surface area contributed by atoms with Crippen molar-refractivity contribution in [2.75, 3.05) is 32.1 Å². The molecule has 2 rings (SSSR count). The van der Waals surface area contributed by atoms with Gasteiger partial charge in [0.25, 0.3) is 0 Å². The van der Waals surface area contributed by atoms with Gasteiger partial charge in [-0.2, -0.15) is 0 Å². The molecule has 150 valence electrons. The van der Waals surface area contributed by atoms with E-state index < -0.39 is 0 Å². The number of carbonyl (C=O) groups excluding carboxylic acids is 1. The molecule has 7 nitrogen and oxygen atoms in total. The molecule has 2 aromatic rings. The molecule has 0 heterocycles. The van der Waals surface area contributed by atoms with Crippen LogP contribution >= 0.6 is 0 Å². The van der Waals surface area contributed by atoms with E-state index in [0.29, 0.717) is 25.7 Å². The Morgan fingerprint density at radius 1 is 1.07 bits per heavy atom. The largest absolute Gasteiger partial charge is 0.497 e. The maximum Gasteiger partial charge on any atom is 0.221 e. The molecule has 0 aliphatic heterocycles. The lowest BCUT2D eigenvalue weighted by Crippen LogP contribution is -2.39. The highest BCUT2D eigenvalue weighted by molar-refractivity contribution is 5.88. The molecule has 0 unspecified atom stereocenters. The van der Waals surface area contributed by atoms with Gasteiger partial charge in [-0.1, -0.05) is 12.1 Å². The Morgan fingerprint density at radius 2 is 1.82 bits per heavy atom. The van der Waals surface area contributed by atoms with E-state index in [2.05, 4.69) is 20.9 Å². The fraction of sp³-hybridized carbons (Fsp3) is 0.333. The van der Waals surface area contributed by atoms with E-state index in [9.17, 15) is 4.79 Å². The highest BCUT2D eigenvalue weighted by atomic mass is 16.5. The number of guanidine groups is 1. The van der Waals surface area contributed by atoms with E-state index in [1.807, 2.05) is 55.5 Å². The molecule has 0 aliphatic carbocycles. The molecular weight excluding hydrogens is 356 g/mol. The normalized spacial score (nSPS) is 10.9. The lowest BCUT2D eigenvalue weighted by atomic mass is 10.2. The van der Waals surface area contributed by atoms with E-state index >= 15 is 0 Å². The second-order valence-corrected chi connectivity index (χ2v) is 6.03. The number of ether oxygens (including phenoxy) is 2. The van der Waals surface area contributed by atoms with Crippen LogP contribution in [-0.4, -0.2) is 38.7 Å². The molecule has 0 saturated heterocycles. The highest BCUT2D eigenvalue weighted by Crippen LogP contribution is 2.16. The molecular formula is C21H28N4O3. The Kier molecular flexibility index (Phi) is 8.65. The average Bonchev–Trinajstić information content (AvgIpc) is 2.69. The first-order valence-corrected chi connectivity index (χ1v) is 9.26. The molecule has 0 saturated carbocycles. The van der Waals surface area contributed by atoms with Crippen LogP contribution in [-0.2, 0) is 11.3 Å². The summed E-state index contributed by atoms with van der Waals surface area (Å²) in [5, 5.41) is 9.24. The molecule has 2 aromatic carbocycles. The number of carbonyl (C=O) groups is 1. The van der Waals surface area contributed by atoms with Gasteiger partial charge in [0.15, 0.2) is 5.96 Å². The molecule has 7 heteroatoms. The van der Waals surface area contributed by atoms with Crippen LogP contribution in [0.5, 0.6) is 11.5 Å². The zero-order valence-corrected chi connectivity index (χ0v) is 16.6. The number of benzene rings is 2. The Balaban J connectivity index is 1.83. The van der Waals surface area contributed by atoms with Gasteiger partial charge < -0.3 is 25.4 Å². The molecule has 0 fully saturated rings. The third-order valence-corrected chi connectivity index (χ3v) is 3.73. The van der Waals surface area contributed by atoms with Crippen molar-refractivity contribution in [3.05, 3.63) is 54.1 Å². The number of hydrogen-bond donors (Lipinski definition) is 3. The van der Waals surface area contributed by atoms with Gasteiger partial charge in [-0.05, 0) is 48.9 Å². The molecule has 0 aromatic heterocycles. The molecule has 3 N–H and O–H groups in total. The van der Waals surface area contributed by atoms with Crippen LogP contribution in [0.1, 0.15) is 19.4 Å². The molecule has 0 atom stereocenters. The summed E-state index contributed by atoms with van der Waals surface area (Å²) in [5.41, 5.74) is 1.78. The smallest absolute Gasteiger partial charge is 0.221 e. The Hall–Kier alpha value is -3.22. The third-order valence-electron chi connectivity index (χ3n) is 3.73. The van der Waals surface area contributed by atoms with Crippen molar-refractivity contribution in [3.8, 4) is 11.5 Å². The highest BCUT2D eigenvalue weighted by Gasteiger charge is 2.01. The van der Waals surface area contributed by atoms with Crippen LogP contribution in [0.25, 0.3) is 0 Å². The number of amides is 1. The maximum absolute atomic E-state index is 11.2. The quantitative estimate of drug-likeness (QED) is 0.352. The van der Waals surface area contributed by atoms with Gasteiger partial charge in [-0.15, -0.1) is 0 Å². The molecule has 0 aliphatic rings. The minimum Gasteiger partial charge on any atom is -0.497 e. The SMILES string of the molecule is CCNC(=NCc1cccc(NC(C)=O)c1)NCCOc1ccc(OC)cc1. The van der Waals surface area contributed by atoms with Crippen molar-refractivity contribution in [3.63, 3.8) is 0 Å². The zero-order valence-electron chi connectivity index (χ0n) is 16.6. The van der Waals surface area contributed by atoms with Crippen LogP contribution in [0.3, 0.4) is 0 Å². The number of nitrogens with one attached hydrogen (secondary N) is 3. The van der Waals surface area contributed by atoms with Crippen LogP contribution in [0.15, 0.2) is 53.5 Å². The minimum atomic E-state index is -0.0903. The monoisotopic (exact) mass is 384 g/mol. The van der Waals surface area contributed by atoms with Crippen molar-refractivity contribution in [1.29, 1.82) is 0 Å². The van der Waals surface area contributed by atoms with E-state index in [4.69, 9.17) is 9.47 Å². The number of methoxy groups -OCH3 is 1. The molecule has 1 amide bonds. The second kappa shape index (κ2) is 11.5. The van der Waals surface area contributed by atoms with Crippen molar-refractivity contribution in [2.45, 2.75) is 20.4 Å². The standard InChI is InChI=1S/C21H28N4O3/c1-4-22-21(23-12-13-28-20-10-8-19(27-3)9-11-20)24-15-17-6-5-7-18(14-17)25-16(2)26/h5-11,14H,4,12-13,15H2,1-3H3,(H,25,26)(H2,22,23,24). The van der Waals surface area contributed by atoms with Crippen LogP contribution < -0.4 is 25.4 Å². The van der Waals surface area contributed by atoms with Crippen LogP contribution in [0.4, 0.5) is 5.69 Å². The molecule has 0 radical (unpaired) electrons. The topological polar surface area (TPSA) is 84.0 Å². The lowest BCUT2D eigenvalue weighted by molar-refractivity contribution is -0.114. The van der Waals surface area contributed by atoms with Gasteiger partial charge in [-0.25, -0.2) is 4.99 Å². The molecule has 28 heavy (non-hydrogen) atoms. The molecule has 0 spiro atoms. The number of rotatable bonds is 9. The van der Waals surface area contributed by atoms with E-state index in [0.717, 1.165) is 29.3 Å². The van der Waals surface area contributed by atoms with Crippen molar-refractivity contribution in [2.24, 2.45) is 4.99 Å². The maximum atomic E-state index is 11.2. The summed E-state index contributed by atoms with van der Waals surface area (Å²) < 4.78 is 10.8. The van der Waals surface area contributed by atoms with E-state index in [1.54, 1.807) is 7.11 Å². The number of anilines is 1. The lowest BCUT2D eigenvalue weighted by Gasteiger charge is -2.12. The van der Waals surface area contributed by atoms with Gasteiger partial charge in [-0.3, -0.25) is 4.79 Å². The summed E-state index contributed by atoms with van der Waals surface area (Å²) in [5.74, 6) is 2.22. The van der Waals surface area contributed by atoms with Gasteiger partial charge in [0.05, 0.1) is 20.2 Å². The first-order chi connectivity index (χ1) is 13.6. The summed E-state index contributed by atoms with van der Waals surface area (Å²) in [6.07, 6.45) is 0. The van der Waals surface area contributed by atoms with E-state index in [-0.39, 0.29) is 5.91 Å². The van der Waals surface area contributed by atoms with Gasteiger partial charge >= 0.3 is 0 Å². The third kappa shape index (κ3) is 7.57. The fourth-order valence-electron chi connectivity index (χ4n) is 2.47.